The molecule has 2 N–H and O–H groups in total. The Balaban J connectivity index is 0.00000208. The summed E-state index contributed by atoms with van der Waals surface area (Å²) in [4.78, 5) is 4.24. The van der Waals surface area contributed by atoms with Crippen molar-refractivity contribution < 1.29 is 0 Å². The molecule has 8 heteroatoms. The molecular formula is C16H22IN7. The third-order valence-corrected chi connectivity index (χ3v) is 3.60. The maximum Gasteiger partial charge on any atom is 0.191 e. The van der Waals surface area contributed by atoms with E-state index in [1.807, 2.05) is 46.6 Å². The van der Waals surface area contributed by atoms with Crippen molar-refractivity contribution in [1.82, 2.24) is 29.8 Å². The number of pyridine rings is 1. The van der Waals surface area contributed by atoms with Gasteiger partial charge in [-0.05, 0) is 23.8 Å². The smallest absolute Gasteiger partial charge is 0.191 e. The van der Waals surface area contributed by atoms with Crippen LogP contribution in [-0.2, 0) is 20.0 Å². The summed E-state index contributed by atoms with van der Waals surface area (Å²) in [6.45, 7) is 1.48. The van der Waals surface area contributed by atoms with Crippen LogP contribution in [0.2, 0.25) is 0 Å². The van der Waals surface area contributed by atoms with Gasteiger partial charge in [-0.2, -0.15) is 0 Å². The van der Waals surface area contributed by atoms with Gasteiger partial charge in [-0.1, -0.05) is 6.07 Å². The lowest BCUT2D eigenvalue weighted by Gasteiger charge is -2.10. The topological polar surface area (TPSA) is 71.5 Å². The molecule has 24 heavy (non-hydrogen) atoms. The first kappa shape index (κ1) is 18.2. The number of aromatic nitrogens is 4. The number of nitrogens with one attached hydrogen (secondary N) is 2. The van der Waals surface area contributed by atoms with Crippen LogP contribution in [0.4, 0.5) is 0 Å². The molecule has 3 heterocycles. The van der Waals surface area contributed by atoms with Crippen molar-refractivity contribution in [3.8, 4) is 0 Å². The van der Waals surface area contributed by atoms with Gasteiger partial charge in [0.25, 0.3) is 0 Å². The Morgan fingerprint density at radius 3 is 2.79 bits per heavy atom. The predicted octanol–water partition coefficient (Wildman–Crippen LogP) is 1.59. The quantitative estimate of drug-likeness (QED) is 0.360. The van der Waals surface area contributed by atoms with E-state index < -0.39 is 0 Å². The van der Waals surface area contributed by atoms with Crippen molar-refractivity contribution >= 4 is 35.6 Å². The van der Waals surface area contributed by atoms with Gasteiger partial charge in [0.2, 0.25) is 0 Å². The van der Waals surface area contributed by atoms with E-state index >= 15 is 0 Å². The highest BCUT2D eigenvalue weighted by Gasteiger charge is 2.05. The van der Waals surface area contributed by atoms with Crippen LogP contribution in [0.25, 0.3) is 5.65 Å². The first-order valence-electron chi connectivity index (χ1n) is 7.60. The lowest BCUT2D eigenvalue weighted by atomic mass is 10.3. The Morgan fingerprint density at radius 1 is 1.17 bits per heavy atom. The SMILES string of the molecule is CN=C(NCCc1nnc2ccccn12)NCc1ccn(C)c1.I. The van der Waals surface area contributed by atoms with Crippen LogP contribution in [0.3, 0.4) is 0 Å². The van der Waals surface area contributed by atoms with Gasteiger partial charge in [0.1, 0.15) is 5.82 Å². The summed E-state index contributed by atoms with van der Waals surface area (Å²) in [5, 5.41) is 15.0. The summed E-state index contributed by atoms with van der Waals surface area (Å²) in [6.07, 6.45) is 6.87. The van der Waals surface area contributed by atoms with E-state index in [1.54, 1.807) is 7.05 Å². The molecule has 0 aliphatic rings. The second-order valence-corrected chi connectivity index (χ2v) is 5.33. The lowest BCUT2D eigenvalue weighted by Crippen LogP contribution is -2.38. The van der Waals surface area contributed by atoms with Crippen LogP contribution in [0, 0.1) is 0 Å². The maximum absolute atomic E-state index is 4.24. The van der Waals surface area contributed by atoms with Crippen LogP contribution in [0.5, 0.6) is 0 Å². The third-order valence-electron chi connectivity index (χ3n) is 3.60. The minimum absolute atomic E-state index is 0. The third kappa shape index (κ3) is 4.47. The van der Waals surface area contributed by atoms with Gasteiger partial charge in [-0.25, -0.2) is 0 Å². The summed E-state index contributed by atoms with van der Waals surface area (Å²) in [7, 11) is 3.78. The van der Waals surface area contributed by atoms with Gasteiger partial charge in [0.15, 0.2) is 11.6 Å². The molecule has 3 aromatic heterocycles. The molecule has 0 saturated carbocycles. The maximum atomic E-state index is 4.24. The molecule has 0 spiro atoms. The van der Waals surface area contributed by atoms with Crippen LogP contribution in [0.15, 0.2) is 47.8 Å². The van der Waals surface area contributed by atoms with E-state index in [9.17, 15) is 0 Å². The van der Waals surface area contributed by atoms with E-state index in [0.29, 0.717) is 0 Å². The van der Waals surface area contributed by atoms with Gasteiger partial charge in [0, 0.05) is 52.2 Å². The Labute approximate surface area is 158 Å². The Morgan fingerprint density at radius 2 is 2.04 bits per heavy atom. The average Bonchev–Trinajstić information content (AvgIpc) is 3.17. The summed E-state index contributed by atoms with van der Waals surface area (Å²) in [6, 6.07) is 7.97. The lowest BCUT2D eigenvalue weighted by molar-refractivity contribution is 0.760. The summed E-state index contributed by atoms with van der Waals surface area (Å²) in [5.41, 5.74) is 2.09. The van der Waals surface area contributed by atoms with Crippen molar-refractivity contribution in [3.05, 3.63) is 54.2 Å². The molecule has 0 aliphatic carbocycles. The molecule has 0 fully saturated rings. The van der Waals surface area contributed by atoms with E-state index in [2.05, 4.69) is 38.1 Å². The summed E-state index contributed by atoms with van der Waals surface area (Å²) in [5.74, 6) is 1.72. The van der Waals surface area contributed by atoms with Gasteiger partial charge < -0.3 is 15.2 Å². The van der Waals surface area contributed by atoms with Gasteiger partial charge in [-0.3, -0.25) is 9.39 Å². The second-order valence-electron chi connectivity index (χ2n) is 5.33. The number of nitrogens with zero attached hydrogens (tertiary/aromatic N) is 5. The molecule has 0 amide bonds. The number of aliphatic imine (C=N–C) groups is 1. The van der Waals surface area contributed by atoms with Crippen LogP contribution in [-0.4, -0.2) is 38.7 Å². The minimum atomic E-state index is 0. The standard InChI is InChI=1S/C16H21N7.HI/c1-17-16(19-11-13-7-10-22(2)12-13)18-8-6-15-21-20-14-5-3-4-9-23(14)15;/h3-5,7,9-10,12H,6,8,11H2,1-2H3,(H2,17,18,19);1H. The van der Waals surface area contributed by atoms with E-state index in [4.69, 9.17) is 0 Å². The molecule has 0 bridgehead atoms. The van der Waals surface area contributed by atoms with Crippen molar-refractivity contribution in [2.24, 2.45) is 12.0 Å². The Kier molecular flexibility index (Phi) is 6.59. The number of hydrogen-bond acceptors (Lipinski definition) is 3. The molecule has 128 valence electrons. The molecule has 3 rings (SSSR count). The molecule has 0 radical (unpaired) electrons. The fraction of sp³-hybridized carbons (Fsp3) is 0.312. The number of rotatable bonds is 5. The van der Waals surface area contributed by atoms with Crippen LogP contribution < -0.4 is 10.6 Å². The minimum Gasteiger partial charge on any atom is -0.357 e. The average molecular weight is 439 g/mol. The van der Waals surface area contributed by atoms with E-state index in [-0.39, 0.29) is 24.0 Å². The highest BCUT2D eigenvalue weighted by Crippen LogP contribution is 2.03. The number of guanidine groups is 1. The zero-order chi connectivity index (χ0) is 16.1. The van der Waals surface area contributed by atoms with Crippen LogP contribution in [0.1, 0.15) is 11.4 Å². The fourth-order valence-electron chi connectivity index (χ4n) is 2.43. The fourth-order valence-corrected chi connectivity index (χ4v) is 2.43. The summed E-state index contributed by atoms with van der Waals surface area (Å²) < 4.78 is 4.03. The molecule has 0 unspecified atom stereocenters. The normalized spacial score (nSPS) is 11.3. The zero-order valence-electron chi connectivity index (χ0n) is 13.8. The van der Waals surface area contributed by atoms with Gasteiger partial charge >= 0.3 is 0 Å². The number of aryl methyl sites for hydroxylation is 1. The monoisotopic (exact) mass is 439 g/mol. The van der Waals surface area contributed by atoms with Crippen molar-refractivity contribution in [2.45, 2.75) is 13.0 Å². The summed E-state index contributed by atoms with van der Waals surface area (Å²) >= 11 is 0. The Bertz CT molecular complexity index is 805. The molecule has 0 atom stereocenters. The van der Waals surface area contributed by atoms with Crippen molar-refractivity contribution in [2.75, 3.05) is 13.6 Å². The highest BCUT2D eigenvalue weighted by molar-refractivity contribution is 14.0. The number of hydrogen-bond donors (Lipinski definition) is 2. The van der Waals surface area contributed by atoms with Crippen molar-refractivity contribution in [1.29, 1.82) is 0 Å². The predicted molar refractivity (Wildman–Crippen MR) is 106 cm³/mol. The number of halogens is 1. The largest absolute Gasteiger partial charge is 0.357 e. The van der Waals surface area contributed by atoms with E-state index in [1.165, 1.54) is 5.56 Å². The second kappa shape index (κ2) is 8.67. The molecule has 0 aromatic carbocycles. The molecule has 7 nitrogen and oxygen atoms in total. The molecule has 0 saturated heterocycles. The molecule has 0 aliphatic heterocycles. The first-order chi connectivity index (χ1) is 11.3. The zero-order valence-corrected chi connectivity index (χ0v) is 16.1. The van der Waals surface area contributed by atoms with E-state index in [0.717, 1.165) is 36.9 Å². The van der Waals surface area contributed by atoms with Crippen molar-refractivity contribution in [3.63, 3.8) is 0 Å². The number of fused-ring (bicyclic) bond motifs is 1. The first-order valence-corrected chi connectivity index (χ1v) is 7.60. The van der Waals surface area contributed by atoms with Gasteiger partial charge in [0.05, 0.1) is 0 Å². The van der Waals surface area contributed by atoms with Crippen LogP contribution >= 0.6 is 24.0 Å². The molecule has 3 aromatic rings. The highest BCUT2D eigenvalue weighted by atomic mass is 127. The molecular weight excluding hydrogens is 417 g/mol. The Hall–Kier alpha value is -2.10. The van der Waals surface area contributed by atoms with Gasteiger partial charge in [-0.15, -0.1) is 34.2 Å².